The fraction of sp³-hybridized carbons (Fsp3) is 0.625. The van der Waals surface area contributed by atoms with Crippen molar-refractivity contribution in [2.24, 2.45) is 0 Å². The number of hydrogen-bond donors (Lipinski definition) is 0. The maximum absolute atomic E-state index is 5.72. The summed E-state index contributed by atoms with van der Waals surface area (Å²) >= 11 is 0. The number of rotatable bonds is 12. The van der Waals surface area contributed by atoms with E-state index in [0.717, 1.165) is 0 Å². The third-order valence-electron chi connectivity index (χ3n) is 2.82. The van der Waals surface area contributed by atoms with Gasteiger partial charge in [-0.25, -0.2) is 0 Å². The third-order valence-corrected chi connectivity index (χ3v) is 2.82. The highest BCUT2D eigenvalue weighted by molar-refractivity contribution is 5.45. The van der Waals surface area contributed by atoms with Crippen LogP contribution in [-0.2, 0) is 14.2 Å². The number of hydrogen-bond acceptors (Lipinski definition) is 6. The van der Waals surface area contributed by atoms with E-state index < -0.39 is 6.29 Å². The third kappa shape index (κ3) is 6.98. The highest BCUT2D eigenvalue weighted by Gasteiger charge is 2.10. The predicted octanol–water partition coefficient (Wildman–Crippen LogP) is 2.50. The van der Waals surface area contributed by atoms with E-state index in [4.69, 9.17) is 28.4 Å². The molecule has 0 aromatic heterocycles. The van der Waals surface area contributed by atoms with Crippen molar-refractivity contribution in [1.29, 1.82) is 0 Å². The van der Waals surface area contributed by atoms with Crippen molar-refractivity contribution in [2.75, 3.05) is 47.3 Å². The van der Waals surface area contributed by atoms with Gasteiger partial charge >= 0.3 is 0 Å². The lowest BCUT2D eigenvalue weighted by Crippen LogP contribution is -2.20. The van der Waals surface area contributed by atoms with Crippen LogP contribution in [0.4, 0.5) is 0 Å². The van der Waals surface area contributed by atoms with Crippen LogP contribution in [-0.4, -0.2) is 53.5 Å². The van der Waals surface area contributed by atoms with Gasteiger partial charge in [-0.05, 0) is 26.0 Å². The van der Waals surface area contributed by atoms with Crippen LogP contribution < -0.4 is 14.2 Å². The van der Waals surface area contributed by atoms with Gasteiger partial charge in [-0.2, -0.15) is 0 Å². The molecule has 1 aromatic carbocycles. The molecular formula is C16H26O6. The van der Waals surface area contributed by atoms with Crippen molar-refractivity contribution in [1.82, 2.24) is 0 Å². The number of ether oxygens (including phenoxy) is 6. The molecule has 0 aliphatic heterocycles. The Morgan fingerprint density at radius 1 is 0.909 bits per heavy atom. The molecule has 1 atom stereocenters. The van der Waals surface area contributed by atoms with Crippen LogP contribution in [0, 0.1) is 0 Å². The summed E-state index contributed by atoms with van der Waals surface area (Å²) in [6.07, 6.45) is -0.420. The maximum Gasteiger partial charge on any atom is 0.197 e. The van der Waals surface area contributed by atoms with E-state index >= 15 is 0 Å². The fourth-order valence-corrected chi connectivity index (χ4v) is 1.73. The van der Waals surface area contributed by atoms with E-state index in [9.17, 15) is 0 Å². The van der Waals surface area contributed by atoms with Crippen molar-refractivity contribution < 1.29 is 28.4 Å². The second kappa shape index (κ2) is 11.1. The summed E-state index contributed by atoms with van der Waals surface area (Å²) in [7, 11) is 3.19. The van der Waals surface area contributed by atoms with Gasteiger partial charge in [0.15, 0.2) is 17.8 Å². The zero-order valence-corrected chi connectivity index (χ0v) is 13.8. The first kappa shape index (κ1) is 18.5. The Morgan fingerprint density at radius 3 is 2.32 bits per heavy atom. The SMILES string of the molecule is CCOCCOCCOC(C)Oc1cc(OC)ccc1OC. The van der Waals surface area contributed by atoms with Crippen LogP contribution in [0.1, 0.15) is 13.8 Å². The lowest BCUT2D eigenvalue weighted by atomic mass is 10.3. The molecule has 1 rings (SSSR count). The van der Waals surface area contributed by atoms with Crippen molar-refractivity contribution in [2.45, 2.75) is 20.1 Å². The van der Waals surface area contributed by atoms with Gasteiger partial charge in [0.05, 0.1) is 40.6 Å². The molecule has 22 heavy (non-hydrogen) atoms. The largest absolute Gasteiger partial charge is 0.497 e. The van der Waals surface area contributed by atoms with Crippen molar-refractivity contribution in [3.05, 3.63) is 18.2 Å². The van der Waals surface area contributed by atoms with Gasteiger partial charge in [-0.15, -0.1) is 0 Å². The molecule has 0 fully saturated rings. The summed E-state index contributed by atoms with van der Waals surface area (Å²) in [6, 6.07) is 5.36. The van der Waals surface area contributed by atoms with Gasteiger partial charge in [-0.3, -0.25) is 0 Å². The average Bonchev–Trinajstić information content (AvgIpc) is 2.54. The lowest BCUT2D eigenvalue weighted by molar-refractivity contribution is -0.0866. The molecule has 0 amide bonds. The molecule has 0 aliphatic rings. The molecule has 6 heteroatoms. The normalized spacial score (nSPS) is 12.0. The molecule has 1 unspecified atom stereocenters. The highest BCUT2D eigenvalue weighted by Crippen LogP contribution is 2.31. The minimum atomic E-state index is -0.420. The summed E-state index contributed by atoms with van der Waals surface area (Å²) in [6.45, 7) is 6.58. The molecular weight excluding hydrogens is 288 g/mol. The summed E-state index contributed by atoms with van der Waals surface area (Å²) in [5.41, 5.74) is 0. The van der Waals surface area contributed by atoms with Crippen LogP contribution in [0.3, 0.4) is 0 Å². The Kier molecular flexibility index (Phi) is 9.37. The molecule has 0 radical (unpaired) electrons. The molecule has 6 nitrogen and oxygen atoms in total. The standard InChI is InChI=1S/C16H26O6/c1-5-19-8-9-20-10-11-21-13(2)22-16-12-14(17-3)6-7-15(16)18-4/h6-7,12-13H,5,8-11H2,1-4H3. The molecule has 0 spiro atoms. The smallest absolute Gasteiger partial charge is 0.197 e. The minimum absolute atomic E-state index is 0.420. The highest BCUT2D eigenvalue weighted by atomic mass is 16.7. The van der Waals surface area contributed by atoms with Gasteiger partial charge in [0.2, 0.25) is 0 Å². The second-order valence-corrected chi connectivity index (χ2v) is 4.38. The molecule has 126 valence electrons. The van der Waals surface area contributed by atoms with Crippen molar-refractivity contribution in [3.8, 4) is 17.2 Å². The van der Waals surface area contributed by atoms with E-state index in [-0.39, 0.29) is 0 Å². The first-order valence-corrected chi connectivity index (χ1v) is 7.37. The quantitative estimate of drug-likeness (QED) is 0.436. The van der Waals surface area contributed by atoms with Crippen LogP contribution in [0.2, 0.25) is 0 Å². The molecule has 0 aliphatic carbocycles. The Morgan fingerprint density at radius 2 is 1.64 bits per heavy atom. The van der Waals surface area contributed by atoms with Gasteiger partial charge in [0.1, 0.15) is 5.75 Å². The average molecular weight is 314 g/mol. The Bertz CT molecular complexity index is 410. The number of methoxy groups -OCH3 is 2. The van der Waals surface area contributed by atoms with Crippen LogP contribution in [0.25, 0.3) is 0 Å². The summed E-state index contributed by atoms with van der Waals surface area (Å²) < 4.78 is 32.2. The van der Waals surface area contributed by atoms with Crippen molar-refractivity contribution >= 4 is 0 Å². The maximum atomic E-state index is 5.72. The Balaban J connectivity index is 2.30. The lowest BCUT2D eigenvalue weighted by Gasteiger charge is -2.18. The first-order chi connectivity index (χ1) is 10.7. The van der Waals surface area contributed by atoms with E-state index in [0.29, 0.717) is 50.3 Å². The zero-order chi connectivity index (χ0) is 16.2. The predicted molar refractivity (Wildman–Crippen MR) is 82.9 cm³/mol. The van der Waals surface area contributed by atoms with E-state index in [1.807, 2.05) is 19.9 Å². The topological polar surface area (TPSA) is 55.4 Å². The molecule has 0 saturated heterocycles. The van der Waals surface area contributed by atoms with E-state index in [1.165, 1.54) is 0 Å². The minimum Gasteiger partial charge on any atom is -0.497 e. The fourth-order valence-electron chi connectivity index (χ4n) is 1.73. The van der Waals surface area contributed by atoms with Crippen molar-refractivity contribution in [3.63, 3.8) is 0 Å². The summed E-state index contributed by atoms with van der Waals surface area (Å²) in [4.78, 5) is 0. The van der Waals surface area contributed by atoms with Gasteiger partial charge in [0.25, 0.3) is 0 Å². The molecule has 0 bridgehead atoms. The Labute approximate surface area is 132 Å². The van der Waals surface area contributed by atoms with E-state index in [1.54, 1.807) is 26.4 Å². The summed E-state index contributed by atoms with van der Waals surface area (Å²) in [5, 5.41) is 0. The monoisotopic (exact) mass is 314 g/mol. The van der Waals surface area contributed by atoms with Crippen LogP contribution in [0.5, 0.6) is 17.2 Å². The van der Waals surface area contributed by atoms with Gasteiger partial charge in [-0.1, -0.05) is 0 Å². The van der Waals surface area contributed by atoms with Gasteiger partial charge < -0.3 is 28.4 Å². The van der Waals surface area contributed by atoms with Crippen LogP contribution >= 0.6 is 0 Å². The van der Waals surface area contributed by atoms with Crippen LogP contribution in [0.15, 0.2) is 18.2 Å². The second-order valence-electron chi connectivity index (χ2n) is 4.38. The van der Waals surface area contributed by atoms with E-state index in [2.05, 4.69) is 0 Å². The molecule has 0 heterocycles. The zero-order valence-electron chi connectivity index (χ0n) is 13.8. The number of benzene rings is 1. The molecule has 0 saturated carbocycles. The van der Waals surface area contributed by atoms with Gasteiger partial charge in [0, 0.05) is 12.7 Å². The molecule has 1 aromatic rings. The summed E-state index contributed by atoms with van der Waals surface area (Å²) in [5.74, 6) is 1.90. The first-order valence-electron chi connectivity index (χ1n) is 7.37. The Hall–Kier alpha value is -1.50. The molecule has 0 N–H and O–H groups in total.